The van der Waals surface area contributed by atoms with Gasteiger partial charge >= 0.3 is 5.97 Å². The predicted molar refractivity (Wildman–Crippen MR) is 106 cm³/mol. The highest BCUT2D eigenvalue weighted by molar-refractivity contribution is 5.89. The summed E-state index contributed by atoms with van der Waals surface area (Å²) in [5, 5.41) is 11.9. The van der Waals surface area contributed by atoms with E-state index < -0.39 is 12.0 Å². The number of carbonyl (C=O) groups is 3. The number of benzene rings is 1. The molecule has 2 N–H and O–H groups in total. The molecule has 1 unspecified atom stereocenters. The molecule has 1 aromatic carbocycles. The van der Waals surface area contributed by atoms with E-state index in [2.05, 4.69) is 5.32 Å². The lowest BCUT2D eigenvalue weighted by atomic mass is 9.92. The van der Waals surface area contributed by atoms with Gasteiger partial charge in [-0.1, -0.05) is 38.1 Å². The number of carbonyl (C=O) groups excluding carboxylic acids is 2. The van der Waals surface area contributed by atoms with Crippen LogP contribution in [0.1, 0.15) is 53.3 Å². The van der Waals surface area contributed by atoms with Gasteiger partial charge < -0.3 is 19.7 Å². The summed E-state index contributed by atoms with van der Waals surface area (Å²) >= 11 is 0. The molecule has 2 aromatic rings. The van der Waals surface area contributed by atoms with Crippen LogP contribution in [0.4, 0.5) is 0 Å². The summed E-state index contributed by atoms with van der Waals surface area (Å²) in [7, 11) is 0. The fourth-order valence-corrected chi connectivity index (χ4v) is 3.62. The third kappa shape index (κ3) is 4.67. The van der Waals surface area contributed by atoms with Crippen molar-refractivity contribution in [1.82, 2.24) is 10.2 Å². The van der Waals surface area contributed by atoms with Crippen LogP contribution in [0, 0.1) is 12.8 Å². The Hall–Kier alpha value is -3.09. The maximum absolute atomic E-state index is 12.9. The zero-order valence-corrected chi connectivity index (χ0v) is 16.9. The van der Waals surface area contributed by atoms with Gasteiger partial charge in [-0.15, -0.1) is 0 Å². The Kier molecular flexibility index (Phi) is 6.06. The molecule has 7 heteroatoms. The van der Waals surface area contributed by atoms with Gasteiger partial charge in [0.1, 0.15) is 23.1 Å². The molecule has 3 rings (SSSR count). The molecule has 0 aliphatic carbocycles. The summed E-state index contributed by atoms with van der Waals surface area (Å²) in [6.07, 6.45) is 0.828. The van der Waals surface area contributed by atoms with Gasteiger partial charge in [0.25, 0.3) is 0 Å². The molecular weight excluding hydrogens is 372 g/mol. The van der Waals surface area contributed by atoms with E-state index in [4.69, 9.17) is 9.52 Å². The van der Waals surface area contributed by atoms with Crippen LogP contribution in [0.2, 0.25) is 0 Å². The number of hydrogen-bond acceptors (Lipinski definition) is 4. The lowest BCUT2D eigenvalue weighted by Crippen LogP contribution is -2.52. The Morgan fingerprint density at radius 1 is 1.24 bits per heavy atom. The Morgan fingerprint density at radius 3 is 2.55 bits per heavy atom. The predicted octanol–water partition coefficient (Wildman–Crippen LogP) is 2.90. The van der Waals surface area contributed by atoms with Crippen molar-refractivity contribution >= 4 is 17.8 Å². The molecule has 1 atom stereocenters. The number of amides is 2. The number of rotatable bonds is 6. The van der Waals surface area contributed by atoms with E-state index in [1.807, 2.05) is 38.1 Å². The van der Waals surface area contributed by atoms with Gasteiger partial charge in [0.2, 0.25) is 11.8 Å². The average Bonchev–Trinajstić information content (AvgIpc) is 3.05. The third-order valence-corrected chi connectivity index (χ3v) is 5.09. The monoisotopic (exact) mass is 398 g/mol. The molecule has 0 bridgehead atoms. The Bertz CT molecular complexity index is 931. The fourth-order valence-electron chi connectivity index (χ4n) is 3.62. The first-order valence-corrected chi connectivity index (χ1v) is 9.72. The van der Waals surface area contributed by atoms with Crippen LogP contribution >= 0.6 is 0 Å². The van der Waals surface area contributed by atoms with Gasteiger partial charge in [-0.3, -0.25) is 9.59 Å². The highest BCUT2D eigenvalue weighted by Gasteiger charge is 2.34. The van der Waals surface area contributed by atoms with Crippen molar-refractivity contribution in [3.05, 3.63) is 58.5 Å². The summed E-state index contributed by atoms with van der Waals surface area (Å²) < 4.78 is 5.42. The number of carboxylic acid groups (broad SMARTS) is 1. The van der Waals surface area contributed by atoms with Crippen LogP contribution < -0.4 is 5.32 Å². The topological polar surface area (TPSA) is 99.9 Å². The molecule has 1 aliphatic rings. The lowest BCUT2D eigenvalue weighted by Gasteiger charge is -2.36. The molecule has 1 aliphatic heterocycles. The van der Waals surface area contributed by atoms with Crippen LogP contribution in [0.25, 0.3) is 0 Å². The largest absolute Gasteiger partial charge is 0.478 e. The van der Waals surface area contributed by atoms with Gasteiger partial charge in [0, 0.05) is 19.4 Å². The highest BCUT2D eigenvalue weighted by Crippen LogP contribution is 2.25. The first-order chi connectivity index (χ1) is 13.8. The van der Waals surface area contributed by atoms with Gasteiger partial charge in [0.05, 0.1) is 6.54 Å². The first kappa shape index (κ1) is 20.6. The van der Waals surface area contributed by atoms with Crippen LogP contribution in [0.15, 0.2) is 34.7 Å². The number of nitrogens with one attached hydrogen (secondary N) is 1. The fraction of sp³-hybridized carbons (Fsp3) is 0.409. The molecule has 154 valence electrons. The van der Waals surface area contributed by atoms with Crippen molar-refractivity contribution in [3.63, 3.8) is 0 Å². The SMILES string of the molecule is Cc1oc(CNC(=O)C2Cc3ccccc3CN2C(=O)CC(C)C)cc1C(=O)O. The van der Waals surface area contributed by atoms with E-state index in [0.717, 1.165) is 11.1 Å². The molecule has 7 nitrogen and oxygen atoms in total. The minimum absolute atomic E-state index is 0.0448. The van der Waals surface area contributed by atoms with Crippen LogP contribution in [0.3, 0.4) is 0 Å². The van der Waals surface area contributed by atoms with E-state index >= 15 is 0 Å². The molecule has 0 saturated heterocycles. The molecule has 29 heavy (non-hydrogen) atoms. The number of furan rings is 1. The number of aromatic carboxylic acids is 1. The second-order valence-corrected chi connectivity index (χ2v) is 7.81. The summed E-state index contributed by atoms with van der Waals surface area (Å²) in [5.41, 5.74) is 2.19. The number of hydrogen-bond donors (Lipinski definition) is 2. The van der Waals surface area contributed by atoms with E-state index in [1.54, 1.807) is 11.8 Å². The minimum Gasteiger partial charge on any atom is -0.478 e. The van der Waals surface area contributed by atoms with Gasteiger partial charge in [-0.25, -0.2) is 4.79 Å². The molecular formula is C22H26N2O5. The lowest BCUT2D eigenvalue weighted by molar-refractivity contribution is -0.142. The van der Waals surface area contributed by atoms with Crippen LogP contribution in [0.5, 0.6) is 0 Å². The maximum atomic E-state index is 12.9. The first-order valence-electron chi connectivity index (χ1n) is 9.72. The van der Waals surface area contributed by atoms with Gasteiger partial charge in [-0.05, 0) is 30.0 Å². The Labute approximate surface area is 169 Å². The van der Waals surface area contributed by atoms with Crippen molar-refractivity contribution in [2.75, 3.05) is 0 Å². The Balaban J connectivity index is 1.76. The quantitative estimate of drug-likeness (QED) is 0.779. The van der Waals surface area contributed by atoms with Crippen molar-refractivity contribution in [2.45, 2.75) is 52.7 Å². The normalized spacial score (nSPS) is 15.9. The second-order valence-electron chi connectivity index (χ2n) is 7.81. The van der Waals surface area contributed by atoms with Crippen LogP contribution in [-0.2, 0) is 29.1 Å². The van der Waals surface area contributed by atoms with Crippen molar-refractivity contribution in [3.8, 4) is 0 Å². The molecule has 2 heterocycles. The van der Waals surface area contributed by atoms with Crippen molar-refractivity contribution in [2.24, 2.45) is 5.92 Å². The molecule has 0 fully saturated rings. The highest BCUT2D eigenvalue weighted by atomic mass is 16.4. The average molecular weight is 398 g/mol. The molecule has 2 amide bonds. The number of nitrogens with zero attached hydrogens (tertiary/aromatic N) is 1. The summed E-state index contributed by atoms with van der Waals surface area (Å²) in [4.78, 5) is 38.5. The zero-order chi connectivity index (χ0) is 21.1. The third-order valence-electron chi connectivity index (χ3n) is 5.09. The second kappa shape index (κ2) is 8.51. The van der Waals surface area contributed by atoms with E-state index in [9.17, 15) is 14.4 Å². The van der Waals surface area contributed by atoms with Crippen molar-refractivity contribution in [1.29, 1.82) is 0 Å². The maximum Gasteiger partial charge on any atom is 0.339 e. The van der Waals surface area contributed by atoms with Gasteiger partial charge in [0.15, 0.2) is 0 Å². The van der Waals surface area contributed by atoms with Crippen LogP contribution in [-0.4, -0.2) is 33.8 Å². The minimum atomic E-state index is -1.07. The number of carboxylic acids is 1. The summed E-state index contributed by atoms with van der Waals surface area (Å²) in [6, 6.07) is 8.64. The molecule has 0 spiro atoms. The van der Waals surface area contributed by atoms with E-state index in [1.165, 1.54) is 6.07 Å². The Morgan fingerprint density at radius 2 is 1.93 bits per heavy atom. The smallest absolute Gasteiger partial charge is 0.339 e. The number of fused-ring (bicyclic) bond motifs is 1. The molecule has 0 radical (unpaired) electrons. The van der Waals surface area contributed by atoms with Crippen molar-refractivity contribution < 1.29 is 23.9 Å². The summed E-state index contributed by atoms with van der Waals surface area (Å²) in [6.45, 7) is 5.99. The zero-order valence-electron chi connectivity index (χ0n) is 16.9. The summed E-state index contributed by atoms with van der Waals surface area (Å²) in [5.74, 6) is -0.534. The number of aryl methyl sites for hydroxylation is 1. The standard InChI is InChI=1S/C22H26N2O5/c1-13(2)8-20(25)24-12-16-7-5-4-6-15(16)9-19(24)21(26)23-11-17-10-18(22(27)28)14(3)29-17/h4-7,10,13,19H,8-9,11-12H2,1-3H3,(H,23,26)(H,27,28). The van der Waals surface area contributed by atoms with E-state index in [-0.39, 0.29) is 29.8 Å². The molecule has 1 aromatic heterocycles. The molecule has 0 saturated carbocycles. The van der Waals surface area contributed by atoms with E-state index in [0.29, 0.717) is 30.9 Å². The van der Waals surface area contributed by atoms with Gasteiger partial charge in [-0.2, -0.15) is 0 Å².